The SMILES string of the molecule is CCCCC(CCCN)(CCCNC(=O)C(F)(F)F)COCC(COP(=O)(O)OC(COCC(CCCNC(=O)C(F)(F)F)(CCCNC(=O)C(F)(F)F)CCCNC(=O)C(F)(F)F)COP(=O)(O)OC(COC)COCC(CCCN)(CCCNC(=O)C(F)(F)F)CCCNC(=O)C(F)(F)F)O[PH](=O)O. The van der Waals surface area contributed by atoms with E-state index in [1.54, 1.807) is 31.9 Å². The lowest BCUT2D eigenvalue weighted by Crippen LogP contribution is -2.40. The third-order valence-corrected chi connectivity index (χ3v) is 18.2. The fourth-order valence-electron chi connectivity index (χ4n) is 10.5. The number of carbonyl (C=O) groups is 6. The van der Waals surface area contributed by atoms with Crippen molar-refractivity contribution in [3.63, 3.8) is 0 Å². The number of phosphoric acid groups is 2. The van der Waals surface area contributed by atoms with Crippen LogP contribution in [0.4, 0.5) is 79.0 Å². The number of unbranched alkanes of at least 4 members (excludes halogenated alkanes) is 1. The van der Waals surface area contributed by atoms with Gasteiger partial charge >= 0.3 is 96.4 Å². The summed E-state index contributed by atoms with van der Waals surface area (Å²) in [5, 5.41) is 9.72. The molecule has 6 amide bonds. The minimum Gasteiger partial charge on any atom is -0.382 e. The molecule has 0 aromatic rings. The maximum absolute atomic E-state index is 13.9. The molecule has 0 aliphatic heterocycles. The third kappa shape index (κ3) is 46.4. The van der Waals surface area contributed by atoms with Crippen molar-refractivity contribution < 1.29 is 178 Å². The Kier molecular flexibility index (Phi) is 47.1. The summed E-state index contributed by atoms with van der Waals surface area (Å²) >= 11 is 0. The topological polar surface area (TPSA) is 422 Å². The van der Waals surface area contributed by atoms with Crippen molar-refractivity contribution in [3.8, 4) is 0 Å². The number of ether oxygens (including phenoxy) is 4. The number of phosphoric ester groups is 2. The molecule has 50 heteroatoms. The van der Waals surface area contributed by atoms with Gasteiger partial charge in [0.05, 0.1) is 59.5 Å². The van der Waals surface area contributed by atoms with Gasteiger partial charge in [-0.15, -0.1) is 0 Å². The fourth-order valence-corrected chi connectivity index (χ4v) is 12.8. The molecular formula is C56H95F18N8O21P3. The largest absolute Gasteiger partial charge is 0.472 e. The summed E-state index contributed by atoms with van der Waals surface area (Å²) in [5.74, 6) is -14.2. The summed E-state index contributed by atoms with van der Waals surface area (Å²) in [7, 11) is -14.5. The number of alkyl halides is 18. The molecule has 0 aromatic carbocycles. The van der Waals surface area contributed by atoms with Crippen LogP contribution in [0, 0.1) is 16.2 Å². The Bertz CT molecular complexity index is 2590. The van der Waals surface area contributed by atoms with Crippen molar-refractivity contribution in [1.29, 1.82) is 0 Å². The number of nitrogens with one attached hydrogen (secondary N) is 6. The highest BCUT2D eigenvalue weighted by molar-refractivity contribution is 7.47. The predicted octanol–water partition coefficient (Wildman–Crippen LogP) is 7.83. The van der Waals surface area contributed by atoms with E-state index >= 15 is 0 Å². The molecule has 0 heterocycles. The molecule has 29 nitrogen and oxygen atoms in total. The van der Waals surface area contributed by atoms with Crippen LogP contribution < -0.4 is 43.4 Å². The van der Waals surface area contributed by atoms with Gasteiger partial charge in [-0.25, -0.2) is 9.13 Å². The lowest BCUT2D eigenvalue weighted by molar-refractivity contribution is -0.173. The molecule has 106 heavy (non-hydrogen) atoms. The molecule has 0 fully saturated rings. The number of hydrogen-bond acceptors (Lipinski definition) is 20. The first-order chi connectivity index (χ1) is 48.9. The Hall–Kier alpha value is -4.31. The summed E-state index contributed by atoms with van der Waals surface area (Å²) in [4.78, 5) is 102. The zero-order valence-electron chi connectivity index (χ0n) is 57.7. The van der Waals surface area contributed by atoms with Gasteiger partial charge in [-0.05, 0) is 138 Å². The molecular weight excluding hydrogens is 1560 g/mol. The van der Waals surface area contributed by atoms with Crippen LogP contribution in [0.15, 0.2) is 0 Å². The van der Waals surface area contributed by atoms with Gasteiger partial charge in [0.15, 0.2) is 0 Å². The summed E-state index contributed by atoms with van der Waals surface area (Å²) in [6.45, 7) is -9.83. The van der Waals surface area contributed by atoms with Crippen LogP contribution >= 0.6 is 23.9 Å². The van der Waals surface area contributed by atoms with Gasteiger partial charge in [0, 0.05) is 46.4 Å². The van der Waals surface area contributed by atoms with Crippen molar-refractivity contribution >= 4 is 59.3 Å². The highest BCUT2D eigenvalue weighted by Gasteiger charge is 2.45. The zero-order chi connectivity index (χ0) is 81.3. The minimum absolute atomic E-state index is 0.0212. The highest BCUT2D eigenvalue weighted by Crippen LogP contribution is 2.49. The maximum atomic E-state index is 13.9. The number of halogens is 18. The number of nitrogens with two attached hydrogens (primary N) is 2. The van der Waals surface area contributed by atoms with Crippen molar-refractivity contribution in [2.75, 3.05) is 119 Å². The van der Waals surface area contributed by atoms with Gasteiger partial charge in [-0.2, -0.15) is 79.0 Å². The molecule has 0 rings (SSSR count). The standard InChI is InChI=1S/C56H95F18N8O21P3/c1-3-4-13-48(14-5-22-75,16-7-24-77-42(83)51(57,58)59)36-96-31-39(101-104(89)90)34-99-105(91,92)103-41(33-98-38-50(19-10-27-80-45(86)54(66,67)68,20-11-28-81-46(87)55(69,70)71)21-12-29-82-47(88)56(72,73)74)35-100-106(93,94)102-40(30-95-2)32-97-37-49(15-6-23-76,17-8-25-78-43(84)52(60,61)62)18-9-26-79-44(85)53(63,64)65/h39-41,104H,3-38,75-76H2,1-2H3,(H,77,83)(H,78,84)(H,79,85)(H,80,86)(H,81,87)(H,82,88)(H,89,90)(H,91,92)(H,93,94). The predicted molar refractivity (Wildman–Crippen MR) is 335 cm³/mol. The Morgan fingerprint density at radius 1 is 0.387 bits per heavy atom. The molecule has 0 aliphatic rings. The molecule has 0 saturated heterocycles. The summed E-state index contributed by atoms with van der Waals surface area (Å²) < 4.78 is 324. The number of methoxy groups -OCH3 is 1. The fraction of sp³-hybridized carbons (Fsp3) is 0.893. The molecule has 0 aromatic heterocycles. The first-order valence-electron chi connectivity index (χ1n) is 32.8. The summed E-state index contributed by atoms with van der Waals surface area (Å²) in [5.41, 5.74) is 7.67. The Morgan fingerprint density at radius 3 is 0.840 bits per heavy atom. The third-order valence-electron chi connectivity index (χ3n) is 15.6. The van der Waals surface area contributed by atoms with Gasteiger partial charge in [-0.1, -0.05) is 19.8 Å². The van der Waals surface area contributed by atoms with Gasteiger partial charge in [0.25, 0.3) is 0 Å². The van der Waals surface area contributed by atoms with E-state index < -0.39 is 262 Å². The van der Waals surface area contributed by atoms with Gasteiger partial charge in [0.2, 0.25) is 0 Å². The molecule has 0 bridgehead atoms. The second-order valence-electron chi connectivity index (χ2n) is 24.5. The molecule has 13 N–H and O–H groups in total. The molecule has 0 saturated carbocycles. The number of hydrogen-bond donors (Lipinski definition) is 11. The van der Waals surface area contributed by atoms with Crippen LogP contribution in [0.1, 0.15) is 129 Å². The number of amides is 6. The first kappa shape index (κ1) is 102. The number of rotatable bonds is 59. The van der Waals surface area contributed by atoms with Gasteiger partial charge in [-0.3, -0.25) is 51.4 Å². The van der Waals surface area contributed by atoms with Crippen LogP contribution in [-0.4, -0.2) is 224 Å². The van der Waals surface area contributed by atoms with E-state index in [2.05, 4.69) is 0 Å². The van der Waals surface area contributed by atoms with Crippen molar-refractivity contribution in [2.45, 2.75) is 184 Å². The van der Waals surface area contributed by atoms with Crippen LogP contribution in [-0.2, 0) is 84.0 Å². The second kappa shape index (κ2) is 49.1. The van der Waals surface area contributed by atoms with Crippen molar-refractivity contribution in [3.05, 3.63) is 0 Å². The zero-order valence-corrected chi connectivity index (χ0v) is 60.5. The quantitative estimate of drug-likeness (QED) is 0.0157. The van der Waals surface area contributed by atoms with E-state index in [1.807, 2.05) is 6.92 Å². The Morgan fingerprint density at radius 2 is 0.613 bits per heavy atom. The molecule has 7 unspecified atom stereocenters. The molecule has 626 valence electrons. The molecule has 0 aliphatic carbocycles. The van der Waals surface area contributed by atoms with E-state index in [0.29, 0.717) is 32.1 Å². The second-order valence-corrected chi connectivity index (χ2v) is 28.1. The van der Waals surface area contributed by atoms with Crippen LogP contribution in [0.5, 0.6) is 0 Å². The van der Waals surface area contributed by atoms with Crippen molar-refractivity contribution in [2.24, 2.45) is 27.7 Å². The molecule has 0 spiro atoms. The van der Waals surface area contributed by atoms with Crippen molar-refractivity contribution in [1.82, 2.24) is 31.9 Å². The van der Waals surface area contributed by atoms with Crippen LogP contribution in [0.3, 0.4) is 0 Å². The summed E-state index contributed by atoms with van der Waals surface area (Å²) in [6, 6.07) is 0. The monoisotopic (exact) mass is 1650 g/mol. The van der Waals surface area contributed by atoms with Crippen LogP contribution in [0.2, 0.25) is 0 Å². The first-order valence-corrected chi connectivity index (χ1v) is 37.1. The average molecular weight is 1650 g/mol. The van der Waals surface area contributed by atoms with E-state index in [0.717, 1.165) is 7.11 Å². The van der Waals surface area contributed by atoms with E-state index in [4.69, 9.17) is 53.0 Å². The summed E-state index contributed by atoms with van der Waals surface area (Å²) in [6.07, 6.45) is -39.0. The molecule has 0 radical (unpaired) electrons. The lowest BCUT2D eigenvalue weighted by Gasteiger charge is -2.35. The van der Waals surface area contributed by atoms with E-state index in [9.17, 15) is 136 Å². The number of carbonyl (C=O) groups excluding carboxylic acids is 6. The Balaban J connectivity index is 7.62. The van der Waals surface area contributed by atoms with E-state index in [-0.39, 0.29) is 71.1 Å². The normalized spacial score (nSPS) is 15.8. The van der Waals surface area contributed by atoms with E-state index in [1.165, 1.54) is 0 Å². The lowest BCUT2D eigenvalue weighted by atomic mass is 9.75. The maximum Gasteiger partial charge on any atom is 0.472 e. The van der Waals surface area contributed by atoms with Gasteiger partial charge < -0.3 is 81.5 Å². The van der Waals surface area contributed by atoms with Crippen LogP contribution in [0.25, 0.3) is 0 Å². The average Bonchev–Trinajstić information content (AvgIpc) is 0.859. The highest BCUT2D eigenvalue weighted by atomic mass is 31.2. The Labute approximate surface area is 598 Å². The van der Waals surface area contributed by atoms with Gasteiger partial charge in [0.1, 0.15) is 18.3 Å². The smallest absolute Gasteiger partial charge is 0.382 e. The minimum atomic E-state index is -5.79. The molecule has 7 atom stereocenters.